The predicted molar refractivity (Wildman–Crippen MR) is 120 cm³/mol. The second-order valence-corrected chi connectivity index (χ2v) is 7.00. The van der Waals surface area contributed by atoms with Gasteiger partial charge in [0.25, 0.3) is 5.91 Å². The van der Waals surface area contributed by atoms with Gasteiger partial charge in [-0.1, -0.05) is 0 Å². The van der Waals surface area contributed by atoms with Gasteiger partial charge in [-0.25, -0.2) is 4.79 Å². The molecule has 0 saturated carbocycles. The van der Waals surface area contributed by atoms with Crippen LogP contribution in [0.3, 0.4) is 0 Å². The molecule has 0 aliphatic heterocycles. The average molecular weight is 455 g/mol. The monoisotopic (exact) mass is 455 g/mol. The number of carbonyl (C=O) groups excluding carboxylic acids is 2. The average Bonchev–Trinajstić information content (AvgIpc) is 2.82. The van der Waals surface area contributed by atoms with Crippen LogP contribution in [0.2, 0.25) is 0 Å². The fraction of sp³-hybridized carbons (Fsp3) is 0.292. The van der Waals surface area contributed by atoms with E-state index in [9.17, 15) is 14.4 Å². The van der Waals surface area contributed by atoms with Crippen LogP contribution in [0.15, 0.2) is 57.7 Å². The zero-order chi connectivity index (χ0) is 23.6. The first-order chi connectivity index (χ1) is 16.0. The summed E-state index contributed by atoms with van der Waals surface area (Å²) in [6.07, 6.45) is 0.619. The Kier molecular flexibility index (Phi) is 8.43. The van der Waals surface area contributed by atoms with Crippen molar-refractivity contribution >= 4 is 22.8 Å². The largest absolute Gasteiger partial charge is 0.497 e. The number of esters is 1. The molecule has 1 N–H and O–H groups in total. The summed E-state index contributed by atoms with van der Waals surface area (Å²) in [6.45, 7) is 0.947. The molecule has 9 heteroatoms. The Morgan fingerprint density at radius 2 is 1.67 bits per heavy atom. The number of hydrogen-bond acceptors (Lipinski definition) is 8. The minimum absolute atomic E-state index is 0.111. The van der Waals surface area contributed by atoms with Crippen molar-refractivity contribution in [3.8, 4) is 17.2 Å². The third-order valence-corrected chi connectivity index (χ3v) is 4.63. The molecule has 3 rings (SSSR count). The van der Waals surface area contributed by atoms with Gasteiger partial charge in [0.1, 0.15) is 28.4 Å². The van der Waals surface area contributed by atoms with Crippen molar-refractivity contribution in [2.75, 3.05) is 34.0 Å². The zero-order valence-corrected chi connectivity index (χ0v) is 18.4. The minimum atomic E-state index is -0.781. The van der Waals surface area contributed by atoms with Crippen LogP contribution in [0, 0.1) is 0 Å². The number of fused-ring (bicyclic) bond motifs is 1. The molecule has 0 aliphatic carbocycles. The minimum Gasteiger partial charge on any atom is -0.497 e. The smallest absolute Gasteiger partial charge is 0.349 e. The Morgan fingerprint density at radius 3 is 2.39 bits per heavy atom. The summed E-state index contributed by atoms with van der Waals surface area (Å²) >= 11 is 0. The fourth-order valence-corrected chi connectivity index (χ4v) is 2.94. The third kappa shape index (κ3) is 6.81. The van der Waals surface area contributed by atoms with Crippen molar-refractivity contribution < 1.29 is 33.0 Å². The molecule has 9 nitrogen and oxygen atoms in total. The molecule has 0 bridgehead atoms. The van der Waals surface area contributed by atoms with Gasteiger partial charge in [0.05, 0.1) is 20.3 Å². The molecule has 1 aromatic heterocycles. The van der Waals surface area contributed by atoms with Crippen molar-refractivity contribution in [3.05, 3.63) is 64.5 Å². The lowest BCUT2D eigenvalue weighted by Gasteiger charge is -2.08. The number of hydrogen-bond donors (Lipinski definition) is 1. The highest BCUT2D eigenvalue weighted by atomic mass is 16.5. The Bertz CT molecular complexity index is 1150. The van der Waals surface area contributed by atoms with Crippen LogP contribution in [0.4, 0.5) is 0 Å². The Balaban J connectivity index is 1.53. The van der Waals surface area contributed by atoms with Gasteiger partial charge in [-0.05, 0) is 48.9 Å². The highest BCUT2D eigenvalue weighted by Crippen LogP contribution is 2.21. The van der Waals surface area contributed by atoms with E-state index in [1.165, 1.54) is 19.2 Å². The number of rotatable bonds is 11. The lowest BCUT2D eigenvalue weighted by Crippen LogP contribution is -2.30. The van der Waals surface area contributed by atoms with Crippen LogP contribution in [0.25, 0.3) is 11.0 Å². The van der Waals surface area contributed by atoms with E-state index in [1.54, 1.807) is 43.5 Å². The summed E-state index contributed by atoms with van der Waals surface area (Å²) in [7, 11) is 3.10. The SMILES string of the molecule is COCCNC(=O)c1cc2ccc(OC(=O)CCCOc3ccc(OC)cc3)cc2oc1=O. The maximum absolute atomic E-state index is 12.2. The van der Waals surface area contributed by atoms with Gasteiger partial charge in [0.15, 0.2) is 0 Å². The first-order valence-electron chi connectivity index (χ1n) is 10.3. The number of amides is 1. The van der Waals surface area contributed by atoms with Gasteiger partial charge < -0.3 is 28.7 Å². The highest BCUT2D eigenvalue weighted by Gasteiger charge is 2.14. The molecule has 0 fully saturated rings. The molecule has 0 spiro atoms. The number of carbonyl (C=O) groups is 2. The maximum Gasteiger partial charge on any atom is 0.349 e. The van der Waals surface area contributed by atoms with E-state index in [4.69, 9.17) is 23.4 Å². The molecule has 174 valence electrons. The molecule has 1 heterocycles. The van der Waals surface area contributed by atoms with Crippen LogP contribution in [-0.2, 0) is 9.53 Å². The second kappa shape index (κ2) is 11.7. The molecular formula is C24H25NO8. The second-order valence-electron chi connectivity index (χ2n) is 7.00. The van der Waals surface area contributed by atoms with Gasteiger partial charge in [0, 0.05) is 31.5 Å². The number of ether oxygens (including phenoxy) is 4. The van der Waals surface area contributed by atoms with Gasteiger partial charge in [-0.3, -0.25) is 9.59 Å². The van der Waals surface area contributed by atoms with Gasteiger partial charge in [-0.15, -0.1) is 0 Å². The van der Waals surface area contributed by atoms with E-state index < -0.39 is 17.5 Å². The third-order valence-electron chi connectivity index (χ3n) is 4.63. The van der Waals surface area contributed by atoms with E-state index in [2.05, 4.69) is 5.32 Å². The fourth-order valence-electron chi connectivity index (χ4n) is 2.94. The zero-order valence-electron chi connectivity index (χ0n) is 18.4. The van der Waals surface area contributed by atoms with E-state index in [-0.39, 0.29) is 29.9 Å². The molecule has 0 radical (unpaired) electrons. The molecule has 2 aromatic carbocycles. The van der Waals surface area contributed by atoms with Crippen molar-refractivity contribution in [1.82, 2.24) is 5.32 Å². The van der Waals surface area contributed by atoms with Crippen molar-refractivity contribution in [2.24, 2.45) is 0 Å². The molecule has 1 amide bonds. The Labute approximate surface area is 190 Å². The summed E-state index contributed by atoms with van der Waals surface area (Å²) in [5, 5.41) is 3.10. The van der Waals surface area contributed by atoms with Crippen LogP contribution in [-0.4, -0.2) is 45.9 Å². The lowest BCUT2D eigenvalue weighted by molar-refractivity contribution is -0.134. The van der Waals surface area contributed by atoms with Crippen LogP contribution in [0.5, 0.6) is 17.2 Å². The van der Waals surface area contributed by atoms with Crippen LogP contribution in [0.1, 0.15) is 23.2 Å². The van der Waals surface area contributed by atoms with Crippen molar-refractivity contribution in [2.45, 2.75) is 12.8 Å². The van der Waals surface area contributed by atoms with Crippen molar-refractivity contribution in [3.63, 3.8) is 0 Å². The standard InChI is InChI=1S/C24H25NO8/c1-29-13-11-25-23(27)20-14-16-5-6-19(15-21(16)33-24(20)28)32-22(26)4-3-12-31-18-9-7-17(30-2)8-10-18/h5-10,14-15H,3-4,11-13H2,1-2H3,(H,25,27). The van der Waals surface area contributed by atoms with Gasteiger partial charge in [0.2, 0.25) is 0 Å². The lowest BCUT2D eigenvalue weighted by atomic mass is 10.1. The van der Waals surface area contributed by atoms with Crippen LogP contribution >= 0.6 is 0 Å². The van der Waals surface area contributed by atoms with E-state index in [0.29, 0.717) is 30.8 Å². The molecular weight excluding hydrogens is 430 g/mol. The van der Waals surface area contributed by atoms with Gasteiger partial charge >= 0.3 is 11.6 Å². The first kappa shape index (κ1) is 23.8. The molecule has 33 heavy (non-hydrogen) atoms. The first-order valence-corrected chi connectivity index (χ1v) is 10.3. The Hall–Kier alpha value is -3.85. The molecule has 0 unspecified atom stereocenters. The molecule has 3 aromatic rings. The van der Waals surface area contributed by atoms with Crippen molar-refractivity contribution in [1.29, 1.82) is 0 Å². The van der Waals surface area contributed by atoms with E-state index in [1.807, 2.05) is 0 Å². The highest BCUT2D eigenvalue weighted by molar-refractivity contribution is 5.96. The normalized spacial score (nSPS) is 10.6. The molecule has 0 saturated heterocycles. The Morgan fingerprint density at radius 1 is 0.939 bits per heavy atom. The summed E-state index contributed by atoms with van der Waals surface area (Å²) in [6, 6.07) is 13.2. The summed E-state index contributed by atoms with van der Waals surface area (Å²) in [4.78, 5) is 36.4. The maximum atomic E-state index is 12.2. The molecule has 0 atom stereocenters. The number of benzene rings is 2. The molecule has 0 aliphatic rings. The quantitative estimate of drug-likeness (QED) is 0.203. The number of methoxy groups -OCH3 is 2. The summed E-state index contributed by atoms with van der Waals surface area (Å²) in [5.74, 6) is 0.669. The topological polar surface area (TPSA) is 113 Å². The number of nitrogens with one attached hydrogen (secondary N) is 1. The summed E-state index contributed by atoms with van der Waals surface area (Å²) in [5.41, 5.74) is -0.682. The summed E-state index contributed by atoms with van der Waals surface area (Å²) < 4.78 is 26.1. The van der Waals surface area contributed by atoms with E-state index in [0.717, 1.165) is 5.75 Å². The van der Waals surface area contributed by atoms with E-state index >= 15 is 0 Å². The van der Waals surface area contributed by atoms with Crippen LogP contribution < -0.4 is 25.2 Å². The predicted octanol–water partition coefficient (Wildman–Crippen LogP) is 2.94. The van der Waals surface area contributed by atoms with Gasteiger partial charge in [-0.2, -0.15) is 0 Å².